The smallest absolute Gasteiger partial charge is 0.266 e. The highest BCUT2D eigenvalue weighted by Gasteiger charge is 2.12. The lowest BCUT2D eigenvalue weighted by Gasteiger charge is -2.06. The van der Waals surface area contributed by atoms with Crippen molar-refractivity contribution in [3.63, 3.8) is 0 Å². The van der Waals surface area contributed by atoms with E-state index in [1.54, 1.807) is 36.4 Å². The summed E-state index contributed by atoms with van der Waals surface area (Å²) < 4.78 is 14.2. The van der Waals surface area contributed by atoms with Gasteiger partial charge in [-0.3, -0.25) is 4.79 Å². The molecule has 0 aromatic heterocycles. The number of carbonyl (C=O) groups is 1. The molecule has 2 rings (SSSR count). The zero-order valence-corrected chi connectivity index (χ0v) is 13.5. The molecule has 0 fully saturated rings. The molecule has 2 aromatic rings. The fraction of sp³-hybridized carbons (Fsp3) is 0. The molecule has 0 unspecified atom stereocenters. The van der Waals surface area contributed by atoms with Crippen molar-refractivity contribution in [2.45, 2.75) is 0 Å². The minimum atomic E-state index is -0.691. The molecule has 0 aliphatic rings. The van der Waals surface area contributed by atoms with Crippen LogP contribution in [0, 0.1) is 17.1 Å². The lowest BCUT2D eigenvalue weighted by molar-refractivity contribution is -0.112. The summed E-state index contributed by atoms with van der Waals surface area (Å²) in [4.78, 5) is 12.1. The van der Waals surface area contributed by atoms with Crippen LogP contribution in [-0.4, -0.2) is 5.91 Å². The molecule has 22 heavy (non-hydrogen) atoms. The number of halogens is 3. The molecule has 1 amide bonds. The Morgan fingerprint density at radius 1 is 1.32 bits per heavy atom. The average Bonchev–Trinajstić information content (AvgIpc) is 2.47. The molecule has 0 radical (unpaired) electrons. The Labute approximate surface area is 140 Å². The maximum atomic E-state index is 13.7. The number of amides is 1. The summed E-state index contributed by atoms with van der Waals surface area (Å²) in [5.41, 5.74) is 0.459. The van der Waals surface area contributed by atoms with Gasteiger partial charge in [-0.15, -0.1) is 0 Å². The highest BCUT2D eigenvalue weighted by atomic mass is 79.9. The van der Waals surface area contributed by atoms with Crippen LogP contribution in [-0.2, 0) is 4.79 Å². The first kappa shape index (κ1) is 16.2. The van der Waals surface area contributed by atoms with Crippen molar-refractivity contribution < 1.29 is 9.18 Å². The molecule has 2 aromatic carbocycles. The van der Waals surface area contributed by atoms with E-state index < -0.39 is 11.7 Å². The molecule has 110 valence electrons. The minimum absolute atomic E-state index is 0.000411. The molecule has 6 heteroatoms. The lowest BCUT2D eigenvalue weighted by Crippen LogP contribution is -2.14. The first-order chi connectivity index (χ1) is 10.5. The zero-order valence-electron chi connectivity index (χ0n) is 11.1. The van der Waals surface area contributed by atoms with Crippen molar-refractivity contribution in [1.29, 1.82) is 5.26 Å². The van der Waals surface area contributed by atoms with E-state index in [0.717, 1.165) is 0 Å². The number of rotatable bonds is 3. The van der Waals surface area contributed by atoms with Gasteiger partial charge in [-0.2, -0.15) is 5.26 Å². The number of nitrogens with one attached hydrogen (secondary N) is 1. The Bertz CT molecular complexity index is 799. The van der Waals surface area contributed by atoms with Gasteiger partial charge in [0.1, 0.15) is 17.5 Å². The second kappa shape index (κ2) is 7.21. The molecule has 3 nitrogen and oxygen atoms in total. The second-order valence-electron chi connectivity index (χ2n) is 4.30. The van der Waals surface area contributed by atoms with Gasteiger partial charge in [0.05, 0.1) is 5.69 Å². The van der Waals surface area contributed by atoms with E-state index in [0.29, 0.717) is 15.1 Å². The quantitative estimate of drug-likeness (QED) is 0.616. The van der Waals surface area contributed by atoms with E-state index in [4.69, 9.17) is 16.9 Å². The molecular weight excluding hydrogens is 371 g/mol. The maximum absolute atomic E-state index is 13.7. The first-order valence-electron chi connectivity index (χ1n) is 6.13. The Morgan fingerprint density at radius 3 is 2.73 bits per heavy atom. The number of carbonyl (C=O) groups excluding carboxylic acids is 1. The molecule has 0 aliphatic heterocycles. The van der Waals surface area contributed by atoms with Crippen LogP contribution in [0.5, 0.6) is 0 Å². The van der Waals surface area contributed by atoms with Gasteiger partial charge >= 0.3 is 0 Å². The first-order valence-corrected chi connectivity index (χ1v) is 7.30. The Balaban J connectivity index is 2.24. The lowest BCUT2D eigenvalue weighted by atomic mass is 10.1. The van der Waals surface area contributed by atoms with Crippen molar-refractivity contribution in [1.82, 2.24) is 0 Å². The van der Waals surface area contributed by atoms with Gasteiger partial charge in [0.25, 0.3) is 5.91 Å². The van der Waals surface area contributed by atoms with Gasteiger partial charge in [-0.1, -0.05) is 39.7 Å². The molecule has 0 spiro atoms. The fourth-order valence-electron chi connectivity index (χ4n) is 1.69. The van der Waals surface area contributed by atoms with Crippen LogP contribution in [0.25, 0.3) is 6.08 Å². The van der Waals surface area contributed by atoms with Crippen LogP contribution in [0.15, 0.2) is 52.5 Å². The number of anilines is 1. The molecule has 0 saturated heterocycles. The third-order valence-electron chi connectivity index (χ3n) is 2.70. The van der Waals surface area contributed by atoms with Gasteiger partial charge in [0.15, 0.2) is 0 Å². The highest BCUT2D eigenvalue weighted by Crippen LogP contribution is 2.20. The number of hydrogen-bond donors (Lipinski definition) is 1. The molecule has 1 N–H and O–H groups in total. The minimum Gasteiger partial charge on any atom is -0.319 e. The summed E-state index contributed by atoms with van der Waals surface area (Å²) in [6.45, 7) is 0. The van der Waals surface area contributed by atoms with Crippen LogP contribution >= 0.6 is 27.5 Å². The monoisotopic (exact) mass is 378 g/mol. The Hall–Kier alpha value is -2.16. The van der Waals surface area contributed by atoms with E-state index in [9.17, 15) is 9.18 Å². The van der Waals surface area contributed by atoms with Gasteiger partial charge in [0, 0.05) is 9.50 Å². The molecule has 0 aliphatic carbocycles. The predicted molar refractivity (Wildman–Crippen MR) is 87.8 cm³/mol. The summed E-state index contributed by atoms with van der Waals surface area (Å²) in [5, 5.41) is 12.0. The zero-order chi connectivity index (χ0) is 16.1. The van der Waals surface area contributed by atoms with Gasteiger partial charge in [0.2, 0.25) is 0 Å². The SMILES string of the molecule is N#CC(=Cc1cccc(Cl)c1)C(=O)Nc1ccc(Br)cc1F. The number of benzene rings is 2. The average molecular weight is 380 g/mol. The van der Waals surface area contributed by atoms with E-state index in [-0.39, 0.29) is 11.3 Å². The second-order valence-corrected chi connectivity index (χ2v) is 5.66. The van der Waals surface area contributed by atoms with Gasteiger partial charge in [-0.05, 0) is 42.0 Å². The summed E-state index contributed by atoms with van der Waals surface area (Å²) in [5.74, 6) is -1.29. The fourth-order valence-corrected chi connectivity index (χ4v) is 2.22. The third kappa shape index (κ3) is 4.17. The summed E-state index contributed by atoms with van der Waals surface area (Å²) >= 11 is 8.98. The van der Waals surface area contributed by atoms with E-state index in [1.165, 1.54) is 18.2 Å². The Kier molecular flexibility index (Phi) is 5.31. The highest BCUT2D eigenvalue weighted by molar-refractivity contribution is 9.10. The van der Waals surface area contributed by atoms with Crippen molar-refractivity contribution in [2.75, 3.05) is 5.32 Å². The van der Waals surface area contributed by atoms with Crippen LogP contribution in [0.4, 0.5) is 10.1 Å². The van der Waals surface area contributed by atoms with Crippen molar-refractivity contribution in [2.24, 2.45) is 0 Å². The number of nitrogens with zero attached hydrogens (tertiary/aromatic N) is 1. The van der Waals surface area contributed by atoms with Gasteiger partial charge < -0.3 is 5.32 Å². The molecule has 0 heterocycles. The Morgan fingerprint density at radius 2 is 2.09 bits per heavy atom. The summed E-state index contributed by atoms with van der Waals surface area (Å²) in [6.07, 6.45) is 1.39. The van der Waals surface area contributed by atoms with Gasteiger partial charge in [-0.25, -0.2) is 4.39 Å². The third-order valence-corrected chi connectivity index (χ3v) is 3.43. The normalized spacial score (nSPS) is 10.9. The molecular formula is C16H9BrClFN2O. The standard InChI is InChI=1S/C16H9BrClFN2O/c17-12-4-5-15(14(19)8-12)21-16(22)11(9-20)6-10-2-1-3-13(18)7-10/h1-8H,(H,21,22). The largest absolute Gasteiger partial charge is 0.319 e. The van der Waals surface area contributed by atoms with Crippen molar-refractivity contribution >= 4 is 45.2 Å². The predicted octanol–water partition coefficient (Wildman–Crippen LogP) is 4.79. The van der Waals surface area contributed by atoms with Crippen molar-refractivity contribution in [3.8, 4) is 6.07 Å². The van der Waals surface area contributed by atoms with Crippen LogP contribution < -0.4 is 5.32 Å². The summed E-state index contributed by atoms with van der Waals surface area (Å²) in [6, 6.07) is 12.7. The maximum Gasteiger partial charge on any atom is 0.266 e. The summed E-state index contributed by atoms with van der Waals surface area (Å²) in [7, 11) is 0. The number of nitriles is 1. The van der Waals surface area contributed by atoms with Crippen LogP contribution in [0.2, 0.25) is 5.02 Å². The number of hydrogen-bond acceptors (Lipinski definition) is 2. The van der Waals surface area contributed by atoms with E-state index >= 15 is 0 Å². The van der Waals surface area contributed by atoms with Crippen molar-refractivity contribution in [3.05, 3.63) is 68.9 Å². The topological polar surface area (TPSA) is 52.9 Å². The van der Waals surface area contributed by atoms with E-state index in [1.807, 2.05) is 0 Å². The van der Waals surface area contributed by atoms with E-state index in [2.05, 4.69) is 21.2 Å². The molecule has 0 saturated carbocycles. The molecule has 0 bridgehead atoms. The van der Waals surface area contributed by atoms with Crippen LogP contribution in [0.1, 0.15) is 5.56 Å². The van der Waals surface area contributed by atoms with Crippen LogP contribution in [0.3, 0.4) is 0 Å². The molecule has 0 atom stereocenters.